The largest absolute Gasteiger partial charge is 0.455 e. The van der Waals surface area contributed by atoms with Crippen molar-refractivity contribution in [1.29, 1.82) is 0 Å². The molecule has 0 fully saturated rings. The molecule has 0 amide bonds. The van der Waals surface area contributed by atoms with Gasteiger partial charge in [0.25, 0.3) is 5.20 Å². The van der Waals surface area contributed by atoms with Gasteiger partial charge in [0.15, 0.2) is 0 Å². The van der Waals surface area contributed by atoms with E-state index in [1.54, 1.807) is 12.1 Å². The van der Waals surface area contributed by atoms with Crippen molar-refractivity contribution in [2.24, 2.45) is 0 Å². The monoisotopic (exact) mass is 202 g/mol. The van der Waals surface area contributed by atoms with Crippen molar-refractivity contribution >= 4 is 15.9 Å². The number of benzene rings is 1. The van der Waals surface area contributed by atoms with Gasteiger partial charge in [-0.05, 0) is 28.1 Å². The average molecular weight is 203 g/mol. The summed E-state index contributed by atoms with van der Waals surface area (Å²) in [5.41, 5.74) is 0. The second-order valence-electron chi connectivity index (χ2n) is 1.72. The molecule has 3 heteroatoms. The summed E-state index contributed by atoms with van der Waals surface area (Å²) in [5, 5.41) is 7.78. The minimum Gasteiger partial charge on any atom is -0.455 e. The second-order valence-corrected chi connectivity index (χ2v) is 2.51. The lowest BCUT2D eigenvalue weighted by molar-refractivity contribution is 0.0690. The Morgan fingerprint density at radius 1 is 1.30 bits per heavy atom. The Labute approximate surface area is 67.6 Å². The fourth-order valence-corrected chi connectivity index (χ4v) is 0.827. The maximum absolute atomic E-state index is 8.70. The number of alkyl halides is 1. The van der Waals surface area contributed by atoms with E-state index in [0.29, 0.717) is 5.75 Å². The predicted octanol–water partition coefficient (Wildman–Crippen LogP) is 1.74. The topological polar surface area (TPSA) is 29.5 Å². The zero-order valence-electron chi connectivity index (χ0n) is 5.20. The molecule has 0 aliphatic carbocycles. The quantitative estimate of drug-likeness (QED) is 0.585. The Kier molecular flexibility index (Phi) is 2.71. The normalized spacial score (nSPS) is 12.6. The number of ether oxygens (including phenoxy) is 1. The van der Waals surface area contributed by atoms with Crippen molar-refractivity contribution < 1.29 is 9.84 Å². The van der Waals surface area contributed by atoms with Gasteiger partial charge in [-0.2, -0.15) is 0 Å². The molecule has 0 aromatic heterocycles. The molecule has 1 atom stereocenters. The van der Waals surface area contributed by atoms with Crippen LogP contribution < -0.4 is 4.74 Å². The third-order valence-corrected chi connectivity index (χ3v) is 1.16. The van der Waals surface area contributed by atoms with Crippen molar-refractivity contribution in [2.75, 3.05) is 0 Å². The lowest BCUT2D eigenvalue weighted by Gasteiger charge is -2.05. The summed E-state index contributed by atoms with van der Waals surface area (Å²) in [6.45, 7) is 0. The maximum atomic E-state index is 8.70. The first-order chi connectivity index (χ1) is 4.79. The molecule has 1 unspecified atom stereocenters. The second kappa shape index (κ2) is 3.58. The Morgan fingerprint density at radius 3 is 2.40 bits per heavy atom. The van der Waals surface area contributed by atoms with Crippen LogP contribution in [0.25, 0.3) is 0 Å². The van der Waals surface area contributed by atoms with Gasteiger partial charge in [0, 0.05) is 0 Å². The van der Waals surface area contributed by atoms with Gasteiger partial charge in [0.1, 0.15) is 5.75 Å². The molecule has 1 N–H and O–H groups in total. The highest BCUT2D eigenvalue weighted by molar-refractivity contribution is 9.09. The lowest BCUT2D eigenvalue weighted by Crippen LogP contribution is -2.04. The van der Waals surface area contributed by atoms with Crippen LogP contribution in [0.15, 0.2) is 30.3 Å². The first-order valence-electron chi connectivity index (χ1n) is 2.83. The number of rotatable bonds is 2. The SMILES string of the molecule is OC(Br)Oc1ccccc1. The molecule has 0 aliphatic rings. The number of hydrogen-bond acceptors (Lipinski definition) is 2. The van der Waals surface area contributed by atoms with Gasteiger partial charge in [-0.1, -0.05) is 18.2 Å². The van der Waals surface area contributed by atoms with Gasteiger partial charge >= 0.3 is 0 Å². The molecule has 2 nitrogen and oxygen atoms in total. The smallest absolute Gasteiger partial charge is 0.255 e. The van der Waals surface area contributed by atoms with E-state index in [1.165, 1.54) is 0 Å². The molecule has 54 valence electrons. The molecule has 0 aliphatic heterocycles. The number of hydrogen-bond donors (Lipinski definition) is 1. The Hall–Kier alpha value is -0.540. The van der Waals surface area contributed by atoms with Crippen molar-refractivity contribution in [1.82, 2.24) is 0 Å². The number of aliphatic hydroxyl groups excluding tert-OH is 1. The molecular formula is C7H7BrO2. The van der Waals surface area contributed by atoms with Crippen molar-refractivity contribution in [3.63, 3.8) is 0 Å². The summed E-state index contributed by atoms with van der Waals surface area (Å²) in [6, 6.07) is 9.10. The summed E-state index contributed by atoms with van der Waals surface area (Å²) < 4.78 is 4.89. The molecule has 0 spiro atoms. The lowest BCUT2D eigenvalue weighted by atomic mass is 10.3. The molecule has 0 bridgehead atoms. The van der Waals surface area contributed by atoms with Gasteiger partial charge in [-0.25, -0.2) is 0 Å². The summed E-state index contributed by atoms with van der Waals surface area (Å²) in [7, 11) is 0. The van der Waals surface area contributed by atoms with Crippen molar-refractivity contribution in [3.8, 4) is 5.75 Å². The highest BCUT2D eigenvalue weighted by Gasteiger charge is 1.96. The minimum absolute atomic E-state index is 0.645. The Bertz CT molecular complexity index is 186. The van der Waals surface area contributed by atoms with Crippen LogP contribution in [0.1, 0.15) is 0 Å². The van der Waals surface area contributed by atoms with E-state index in [0.717, 1.165) is 0 Å². The van der Waals surface area contributed by atoms with Crippen LogP contribution in [0.2, 0.25) is 0 Å². The third kappa shape index (κ3) is 2.37. The number of aliphatic hydroxyl groups is 1. The standard InChI is InChI=1S/C7H7BrO2/c8-7(9)10-6-4-2-1-3-5-6/h1-5,7,9H. The Morgan fingerprint density at radius 2 is 1.90 bits per heavy atom. The van der Waals surface area contributed by atoms with Crippen LogP contribution in [0, 0.1) is 0 Å². The van der Waals surface area contributed by atoms with Crippen molar-refractivity contribution in [3.05, 3.63) is 30.3 Å². The van der Waals surface area contributed by atoms with E-state index in [2.05, 4.69) is 15.9 Å². The molecule has 0 saturated carbocycles. The first kappa shape index (κ1) is 7.57. The first-order valence-corrected chi connectivity index (χ1v) is 3.74. The molecule has 0 saturated heterocycles. The van der Waals surface area contributed by atoms with Gasteiger partial charge in [0.2, 0.25) is 0 Å². The zero-order chi connectivity index (χ0) is 7.40. The Balaban J connectivity index is 2.59. The zero-order valence-corrected chi connectivity index (χ0v) is 6.78. The van der Waals surface area contributed by atoms with Gasteiger partial charge in [-0.3, -0.25) is 0 Å². The molecule has 1 rings (SSSR count). The van der Waals surface area contributed by atoms with E-state index in [1.807, 2.05) is 18.2 Å². The molecule has 0 heterocycles. The molecular weight excluding hydrogens is 196 g/mol. The summed E-state index contributed by atoms with van der Waals surface area (Å²) in [5.74, 6) is 0.645. The predicted molar refractivity (Wildman–Crippen MR) is 42.0 cm³/mol. The highest BCUT2D eigenvalue weighted by Crippen LogP contribution is 2.11. The third-order valence-electron chi connectivity index (χ3n) is 0.977. The molecule has 1 aromatic rings. The van der Waals surface area contributed by atoms with Gasteiger partial charge in [0.05, 0.1) is 0 Å². The summed E-state index contributed by atoms with van der Waals surface area (Å²) >= 11 is 2.84. The van der Waals surface area contributed by atoms with E-state index in [4.69, 9.17) is 9.84 Å². The van der Waals surface area contributed by atoms with Crippen LogP contribution in [-0.4, -0.2) is 10.3 Å². The fourth-order valence-electron chi connectivity index (χ4n) is 0.611. The van der Waals surface area contributed by atoms with Crippen LogP contribution in [0.4, 0.5) is 0 Å². The van der Waals surface area contributed by atoms with Crippen LogP contribution in [0.3, 0.4) is 0 Å². The average Bonchev–Trinajstić information content (AvgIpc) is 1.88. The molecule has 0 radical (unpaired) electrons. The van der Waals surface area contributed by atoms with Crippen LogP contribution in [-0.2, 0) is 0 Å². The van der Waals surface area contributed by atoms with E-state index in [-0.39, 0.29) is 0 Å². The maximum Gasteiger partial charge on any atom is 0.255 e. The molecule has 10 heavy (non-hydrogen) atoms. The highest BCUT2D eigenvalue weighted by atomic mass is 79.9. The number of halogens is 1. The van der Waals surface area contributed by atoms with E-state index < -0.39 is 5.20 Å². The summed E-state index contributed by atoms with van der Waals surface area (Å²) in [4.78, 5) is 0. The summed E-state index contributed by atoms with van der Waals surface area (Å²) in [6.07, 6.45) is 0. The van der Waals surface area contributed by atoms with Crippen LogP contribution >= 0.6 is 15.9 Å². The van der Waals surface area contributed by atoms with Gasteiger partial charge in [-0.15, -0.1) is 0 Å². The van der Waals surface area contributed by atoms with Gasteiger partial charge < -0.3 is 9.84 Å². The van der Waals surface area contributed by atoms with Crippen molar-refractivity contribution in [2.45, 2.75) is 5.20 Å². The van der Waals surface area contributed by atoms with E-state index in [9.17, 15) is 0 Å². The number of para-hydroxylation sites is 1. The van der Waals surface area contributed by atoms with E-state index >= 15 is 0 Å². The minimum atomic E-state index is -0.921. The molecule has 1 aromatic carbocycles. The van der Waals surface area contributed by atoms with Crippen LogP contribution in [0.5, 0.6) is 5.75 Å². The fraction of sp³-hybridized carbons (Fsp3) is 0.143.